The number of ether oxygens (including phenoxy) is 1. The summed E-state index contributed by atoms with van der Waals surface area (Å²) < 4.78 is 5.15. The Balaban J connectivity index is 0.000000396. The van der Waals surface area contributed by atoms with E-state index in [1.165, 1.54) is 11.1 Å². The van der Waals surface area contributed by atoms with Crippen molar-refractivity contribution in [1.29, 1.82) is 0 Å². The number of urea groups is 1. The van der Waals surface area contributed by atoms with E-state index in [2.05, 4.69) is 106 Å². The van der Waals surface area contributed by atoms with Gasteiger partial charge in [-0.3, -0.25) is 0 Å². The second-order valence-corrected chi connectivity index (χ2v) is 15.1. The van der Waals surface area contributed by atoms with Crippen LogP contribution in [-0.4, -0.2) is 38.3 Å². The molecule has 0 radical (unpaired) electrons. The van der Waals surface area contributed by atoms with Crippen molar-refractivity contribution in [3.05, 3.63) is 113 Å². The average molecular weight is 674 g/mol. The van der Waals surface area contributed by atoms with E-state index in [0.29, 0.717) is 0 Å². The van der Waals surface area contributed by atoms with E-state index < -0.39 is 0 Å². The molecule has 5 aromatic rings. The van der Waals surface area contributed by atoms with E-state index >= 15 is 0 Å². The van der Waals surface area contributed by atoms with Crippen LogP contribution in [0.25, 0.3) is 21.9 Å². The molecule has 4 aromatic carbocycles. The van der Waals surface area contributed by atoms with E-state index in [0.717, 1.165) is 75.5 Å². The van der Waals surface area contributed by atoms with Crippen LogP contribution < -0.4 is 21.3 Å². The maximum atomic E-state index is 13.0. The maximum absolute atomic E-state index is 13.0. The van der Waals surface area contributed by atoms with E-state index in [9.17, 15) is 4.79 Å². The van der Waals surface area contributed by atoms with Crippen LogP contribution in [0, 0.1) is 13.8 Å². The van der Waals surface area contributed by atoms with Crippen LogP contribution >= 0.6 is 0 Å². The second kappa shape index (κ2) is 16.2. The molecule has 0 aliphatic heterocycles. The molecule has 5 rings (SSSR count). The number of aromatic nitrogens is 1. The first-order valence-electron chi connectivity index (χ1n) is 17.3. The van der Waals surface area contributed by atoms with Gasteiger partial charge in [0.15, 0.2) is 0 Å². The summed E-state index contributed by atoms with van der Waals surface area (Å²) in [6.45, 7) is 18.7. The Hall–Kier alpha value is -4.88. The maximum Gasteiger partial charge on any atom is 0.323 e. The van der Waals surface area contributed by atoms with Gasteiger partial charge in [0, 0.05) is 55.8 Å². The fraction of sp³-hybridized carbons (Fsp3) is 0.349. The summed E-state index contributed by atoms with van der Waals surface area (Å²) in [6.07, 6.45) is 2.86. The number of methoxy groups -OCH3 is 1. The summed E-state index contributed by atoms with van der Waals surface area (Å²) in [4.78, 5) is 19.9. The average Bonchev–Trinajstić information content (AvgIpc) is 3.06. The summed E-state index contributed by atoms with van der Waals surface area (Å²) in [6, 6.07) is 28.5. The lowest BCUT2D eigenvalue weighted by Crippen LogP contribution is -2.21. The predicted octanol–water partition coefficient (Wildman–Crippen LogP) is 10.5. The van der Waals surface area contributed by atoms with Crippen molar-refractivity contribution in [2.75, 3.05) is 48.6 Å². The van der Waals surface area contributed by atoms with Crippen LogP contribution in [0.5, 0.6) is 0 Å². The quantitative estimate of drug-likeness (QED) is 0.113. The zero-order valence-corrected chi connectivity index (χ0v) is 31.6. The van der Waals surface area contributed by atoms with E-state index in [1.54, 1.807) is 7.11 Å². The summed E-state index contributed by atoms with van der Waals surface area (Å²) >= 11 is 0. The Morgan fingerprint density at radius 1 is 0.780 bits per heavy atom. The number of fused-ring (bicyclic) bond motifs is 1. The van der Waals surface area contributed by atoms with Gasteiger partial charge in [-0.1, -0.05) is 96.1 Å². The van der Waals surface area contributed by atoms with Crippen LogP contribution in [0.3, 0.4) is 0 Å². The third kappa shape index (κ3) is 9.85. The van der Waals surface area contributed by atoms with E-state index in [1.807, 2.05) is 63.5 Å². The molecule has 1 aromatic heterocycles. The minimum atomic E-state index is -0.264. The van der Waals surface area contributed by atoms with Gasteiger partial charge in [0.2, 0.25) is 0 Å². The lowest BCUT2D eigenvalue weighted by Gasteiger charge is -2.21. The molecule has 2 amide bonds. The van der Waals surface area contributed by atoms with Crippen molar-refractivity contribution in [1.82, 2.24) is 4.98 Å². The Labute approximate surface area is 299 Å². The molecule has 7 heteroatoms. The number of nitrogen functional groups attached to an aromatic ring is 1. The first kappa shape index (κ1) is 37.9. The van der Waals surface area contributed by atoms with Gasteiger partial charge in [0.05, 0.1) is 5.69 Å². The highest BCUT2D eigenvalue weighted by atomic mass is 16.5. The Morgan fingerprint density at radius 3 is 2.00 bits per heavy atom. The molecular weight excluding hydrogens is 619 g/mol. The van der Waals surface area contributed by atoms with Crippen LogP contribution in [0.15, 0.2) is 91.1 Å². The molecule has 50 heavy (non-hydrogen) atoms. The number of nitrogens with two attached hydrogens (primary N) is 1. The molecule has 0 aliphatic carbocycles. The summed E-state index contributed by atoms with van der Waals surface area (Å²) in [5, 5.41) is 8.14. The minimum absolute atomic E-state index is 0.000866. The number of hydrogen-bond acceptors (Lipinski definition) is 5. The number of benzene rings is 4. The summed E-state index contributed by atoms with van der Waals surface area (Å²) in [7, 11) is 3.76. The van der Waals surface area contributed by atoms with Crippen molar-refractivity contribution in [3.8, 4) is 11.1 Å². The van der Waals surface area contributed by atoms with Crippen molar-refractivity contribution in [2.45, 2.75) is 72.6 Å². The Morgan fingerprint density at radius 2 is 1.40 bits per heavy atom. The van der Waals surface area contributed by atoms with Gasteiger partial charge >= 0.3 is 6.03 Å². The molecule has 0 unspecified atom stereocenters. The first-order valence-corrected chi connectivity index (χ1v) is 17.3. The number of amides is 2. The number of anilines is 4. The molecule has 4 N–H and O–H groups in total. The SMILES string of the molecule is COCCCN(C)c1ccc(-c2ccc(NC(=O)Nc3cc(C(C)(C)C)ccc3C)c3ccccc23)cn1.Cc1ccc(C(C)(C)C)cc1N. The molecule has 0 atom stereocenters. The molecule has 0 fully saturated rings. The number of carbonyl (C=O) groups excluding carboxylic acids is 1. The number of aryl methyl sites for hydroxylation is 2. The van der Waals surface area contributed by atoms with Gasteiger partial charge in [-0.15, -0.1) is 0 Å². The molecule has 0 bridgehead atoms. The number of hydrogen-bond donors (Lipinski definition) is 3. The van der Waals surface area contributed by atoms with Crippen molar-refractivity contribution < 1.29 is 9.53 Å². The third-order valence-electron chi connectivity index (χ3n) is 8.96. The van der Waals surface area contributed by atoms with Gasteiger partial charge in [-0.05, 0) is 94.6 Å². The van der Waals surface area contributed by atoms with Crippen molar-refractivity contribution in [2.24, 2.45) is 0 Å². The van der Waals surface area contributed by atoms with Crippen LogP contribution in [0.2, 0.25) is 0 Å². The predicted molar refractivity (Wildman–Crippen MR) is 214 cm³/mol. The molecular formula is C43H55N5O2. The van der Waals surface area contributed by atoms with Crippen molar-refractivity contribution >= 4 is 39.7 Å². The largest absolute Gasteiger partial charge is 0.399 e. The van der Waals surface area contributed by atoms with Gasteiger partial charge in [-0.2, -0.15) is 0 Å². The lowest BCUT2D eigenvalue weighted by atomic mass is 9.86. The van der Waals surface area contributed by atoms with E-state index in [4.69, 9.17) is 15.5 Å². The summed E-state index contributed by atoms with van der Waals surface area (Å²) in [5.74, 6) is 0.926. The fourth-order valence-corrected chi connectivity index (χ4v) is 5.60. The Bertz CT molecular complexity index is 1900. The molecule has 7 nitrogen and oxygen atoms in total. The molecule has 0 aliphatic rings. The summed E-state index contributed by atoms with van der Waals surface area (Å²) in [5.41, 5.74) is 15.2. The molecule has 0 spiro atoms. The molecule has 0 saturated carbocycles. The number of pyridine rings is 1. The number of nitrogens with zero attached hydrogens (tertiary/aromatic N) is 2. The number of carbonyl (C=O) groups is 1. The fourth-order valence-electron chi connectivity index (χ4n) is 5.60. The van der Waals surface area contributed by atoms with Gasteiger partial charge in [-0.25, -0.2) is 9.78 Å². The lowest BCUT2D eigenvalue weighted by molar-refractivity contribution is 0.196. The number of nitrogens with one attached hydrogen (secondary N) is 2. The smallest absolute Gasteiger partial charge is 0.323 e. The Kier molecular flexibility index (Phi) is 12.3. The standard InChI is InChI=1S/C32H38N4O2.C11H17N/c1-22-12-14-24(32(2,3)4)20-29(22)35-31(37)34-28-16-15-25(26-10-7-8-11-27(26)28)23-13-17-30(33-21-23)36(5)18-9-19-38-6;1-8-5-6-9(7-10(8)12)11(2,3)4/h7-8,10-17,20-21H,9,18-19H2,1-6H3,(H2,34,35,37);5-7H,12H2,1-4H3. The zero-order valence-electron chi connectivity index (χ0n) is 31.6. The minimum Gasteiger partial charge on any atom is -0.399 e. The first-order chi connectivity index (χ1) is 23.6. The number of rotatable bonds is 8. The molecule has 264 valence electrons. The van der Waals surface area contributed by atoms with E-state index in [-0.39, 0.29) is 16.9 Å². The van der Waals surface area contributed by atoms with Crippen LogP contribution in [-0.2, 0) is 15.6 Å². The highest BCUT2D eigenvalue weighted by Gasteiger charge is 2.17. The molecule has 1 heterocycles. The second-order valence-electron chi connectivity index (χ2n) is 15.1. The molecule has 0 saturated heterocycles. The normalized spacial score (nSPS) is 11.5. The van der Waals surface area contributed by atoms with Crippen molar-refractivity contribution in [3.63, 3.8) is 0 Å². The highest BCUT2D eigenvalue weighted by Crippen LogP contribution is 2.34. The van der Waals surface area contributed by atoms with Crippen LogP contribution in [0.4, 0.5) is 27.7 Å². The third-order valence-corrected chi connectivity index (χ3v) is 8.96. The monoisotopic (exact) mass is 673 g/mol. The van der Waals surface area contributed by atoms with Gasteiger partial charge in [0.25, 0.3) is 0 Å². The zero-order chi connectivity index (χ0) is 36.6. The van der Waals surface area contributed by atoms with Crippen LogP contribution in [0.1, 0.15) is 70.2 Å². The topological polar surface area (TPSA) is 92.5 Å². The van der Waals surface area contributed by atoms with Gasteiger partial charge in [0.1, 0.15) is 5.82 Å². The van der Waals surface area contributed by atoms with Gasteiger partial charge < -0.3 is 26.0 Å². The highest BCUT2D eigenvalue weighted by molar-refractivity contribution is 6.09.